The molecule has 8 heteroatoms. The van der Waals surface area contributed by atoms with E-state index in [-0.39, 0.29) is 11.7 Å². The van der Waals surface area contributed by atoms with Crippen LogP contribution in [0.3, 0.4) is 0 Å². The molecule has 0 radical (unpaired) electrons. The molecule has 3 rings (SSSR count). The van der Waals surface area contributed by atoms with E-state index in [4.69, 9.17) is 5.26 Å². The van der Waals surface area contributed by atoms with E-state index in [0.29, 0.717) is 17.2 Å². The number of thioether (sulfide) groups is 1. The maximum absolute atomic E-state index is 12.1. The van der Waals surface area contributed by atoms with E-state index in [9.17, 15) is 4.79 Å². The molecule has 1 aromatic heterocycles. The van der Waals surface area contributed by atoms with Gasteiger partial charge in [-0.05, 0) is 36.2 Å². The number of aryl methyl sites for hydroxylation is 1. The number of nitrogens with one attached hydrogen (secondary N) is 2. The predicted octanol–water partition coefficient (Wildman–Crippen LogP) is 4.39. The summed E-state index contributed by atoms with van der Waals surface area (Å²) in [5, 5.41) is 23.7. The summed E-state index contributed by atoms with van der Waals surface area (Å²) in [6.07, 6.45) is 0.361. The van der Waals surface area contributed by atoms with Crippen LogP contribution in [0.4, 0.5) is 16.5 Å². The highest BCUT2D eigenvalue weighted by Gasteiger charge is 2.09. The Morgan fingerprint density at radius 2 is 1.96 bits per heavy atom. The maximum atomic E-state index is 12.1. The number of nitriles is 1. The van der Waals surface area contributed by atoms with Gasteiger partial charge >= 0.3 is 0 Å². The largest absolute Gasteiger partial charge is 0.330 e. The average Bonchev–Trinajstić information content (AvgIpc) is 3.11. The summed E-state index contributed by atoms with van der Waals surface area (Å²) < 4.78 is 0.727. The van der Waals surface area contributed by atoms with Crippen molar-refractivity contribution in [3.8, 4) is 6.07 Å². The van der Waals surface area contributed by atoms with Gasteiger partial charge in [0, 0.05) is 11.4 Å². The molecule has 0 spiro atoms. The number of carbonyl (C=O) groups is 1. The van der Waals surface area contributed by atoms with Crippen molar-refractivity contribution in [2.45, 2.75) is 17.7 Å². The molecule has 0 bridgehead atoms. The first-order chi connectivity index (χ1) is 13.1. The number of amides is 1. The van der Waals surface area contributed by atoms with E-state index in [1.807, 2.05) is 43.3 Å². The quantitative estimate of drug-likeness (QED) is 0.577. The second kappa shape index (κ2) is 9.16. The van der Waals surface area contributed by atoms with Crippen LogP contribution in [-0.2, 0) is 11.2 Å². The van der Waals surface area contributed by atoms with Crippen molar-refractivity contribution in [3.05, 3.63) is 59.7 Å². The van der Waals surface area contributed by atoms with Crippen molar-refractivity contribution in [1.82, 2.24) is 10.2 Å². The van der Waals surface area contributed by atoms with Gasteiger partial charge in [-0.1, -0.05) is 53.4 Å². The SMILES string of the molecule is Cc1ccccc1Nc1nnc(SCC(=O)Nc2ccc(CC#N)cc2)s1. The van der Waals surface area contributed by atoms with E-state index in [1.54, 1.807) is 12.1 Å². The first-order valence-corrected chi connectivity index (χ1v) is 9.99. The third-order valence-electron chi connectivity index (χ3n) is 3.64. The number of hydrogen-bond donors (Lipinski definition) is 2. The number of nitrogens with zero attached hydrogens (tertiary/aromatic N) is 3. The van der Waals surface area contributed by atoms with Crippen molar-refractivity contribution >= 4 is 45.5 Å². The van der Waals surface area contributed by atoms with E-state index < -0.39 is 0 Å². The van der Waals surface area contributed by atoms with Gasteiger partial charge in [-0.25, -0.2) is 0 Å². The van der Waals surface area contributed by atoms with Crippen LogP contribution in [0.15, 0.2) is 52.9 Å². The number of rotatable bonds is 7. The van der Waals surface area contributed by atoms with Gasteiger partial charge in [0.05, 0.1) is 18.2 Å². The highest BCUT2D eigenvalue weighted by molar-refractivity contribution is 8.01. The third kappa shape index (κ3) is 5.54. The lowest BCUT2D eigenvalue weighted by atomic mass is 10.1. The van der Waals surface area contributed by atoms with Crippen LogP contribution in [0.5, 0.6) is 0 Å². The molecule has 0 unspecified atom stereocenters. The molecule has 0 atom stereocenters. The number of para-hydroxylation sites is 1. The van der Waals surface area contributed by atoms with Gasteiger partial charge in [0.2, 0.25) is 11.0 Å². The molecule has 0 saturated carbocycles. The summed E-state index contributed by atoms with van der Waals surface area (Å²) in [5.41, 5.74) is 3.75. The van der Waals surface area contributed by atoms with Crippen LogP contribution in [0, 0.1) is 18.3 Å². The monoisotopic (exact) mass is 395 g/mol. The van der Waals surface area contributed by atoms with Crippen molar-refractivity contribution in [2.24, 2.45) is 0 Å². The first kappa shape index (κ1) is 18.9. The molecule has 3 aromatic rings. The van der Waals surface area contributed by atoms with E-state index >= 15 is 0 Å². The Labute approximate surface area is 165 Å². The molecule has 1 amide bonds. The summed E-state index contributed by atoms with van der Waals surface area (Å²) in [7, 11) is 0. The van der Waals surface area contributed by atoms with Gasteiger partial charge in [-0.3, -0.25) is 4.79 Å². The predicted molar refractivity (Wildman–Crippen MR) is 109 cm³/mol. The summed E-state index contributed by atoms with van der Waals surface area (Å²) >= 11 is 2.76. The van der Waals surface area contributed by atoms with Gasteiger partial charge in [-0.2, -0.15) is 5.26 Å². The lowest BCUT2D eigenvalue weighted by Gasteiger charge is -2.05. The van der Waals surface area contributed by atoms with Crippen molar-refractivity contribution in [2.75, 3.05) is 16.4 Å². The zero-order chi connectivity index (χ0) is 19.1. The third-order valence-corrected chi connectivity index (χ3v) is 5.61. The number of anilines is 3. The Kier molecular flexibility index (Phi) is 6.41. The fraction of sp³-hybridized carbons (Fsp3) is 0.158. The van der Waals surface area contributed by atoms with Gasteiger partial charge in [0.1, 0.15) is 0 Å². The Morgan fingerprint density at radius 1 is 1.19 bits per heavy atom. The molecular weight excluding hydrogens is 378 g/mol. The minimum atomic E-state index is -0.114. The lowest BCUT2D eigenvalue weighted by Crippen LogP contribution is -2.13. The Bertz CT molecular complexity index is 963. The normalized spacial score (nSPS) is 10.2. The van der Waals surface area contributed by atoms with Crippen LogP contribution in [0.2, 0.25) is 0 Å². The number of hydrogen-bond acceptors (Lipinski definition) is 7. The minimum Gasteiger partial charge on any atom is -0.330 e. The van der Waals surface area contributed by atoms with Crippen LogP contribution < -0.4 is 10.6 Å². The average molecular weight is 396 g/mol. The molecule has 0 fully saturated rings. The molecule has 2 aromatic carbocycles. The Morgan fingerprint density at radius 3 is 2.70 bits per heavy atom. The fourth-order valence-corrected chi connectivity index (χ4v) is 3.83. The molecule has 0 aliphatic rings. The van der Waals surface area contributed by atoms with Crippen molar-refractivity contribution < 1.29 is 4.79 Å². The molecule has 6 nitrogen and oxygen atoms in total. The van der Waals surface area contributed by atoms with E-state index in [1.165, 1.54) is 23.1 Å². The standard InChI is InChI=1S/C19H17N5OS2/c1-13-4-2-3-5-16(13)22-18-23-24-19(27-18)26-12-17(25)21-15-8-6-14(7-9-15)10-11-20/h2-9H,10,12H2,1H3,(H,21,25)(H,22,23). The van der Waals surface area contributed by atoms with Crippen molar-refractivity contribution in [1.29, 1.82) is 5.26 Å². The molecule has 2 N–H and O–H groups in total. The first-order valence-electron chi connectivity index (χ1n) is 8.19. The van der Waals surface area contributed by atoms with Gasteiger partial charge in [-0.15, -0.1) is 10.2 Å². The van der Waals surface area contributed by atoms with Crippen molar-refractivity contribution in [3.63, 3.8) is 0 Å². The Balaban J connectivity index is 1.50. The van der Waals surface area contributed by atoms with Gasteiger partial charge in [0.15, 0.2) is 4.34 Å². The van der Waals surface area contributed by atoms with Crippen LogP contribution in [0.25, 0.3) is 0 Å². The summed E-state index contributed by atoms with van der Waals surface area (Å²) in [6, 6.07) is 17.3. The highest BCUT2D eigenvalue weighted by atomic mass is 32.2. The smallest absolute Gasteiger partial charge is 0.234 e. The second-order valence-electron chi connectivity index (χ2n) is 5.68. The maximum Gasteiger partial charge on any atom is 0.234 e. The highest BCUT2D eigenvalue weighted by Crippen LogP contribution is 2.28. The number of benzene rings is 2. The Hall–Kier alpha value is -2.89. The fourth-order valence-electron chi connectivity index (χ4n) is 2.27. The van der Waals surface area contributed by atoms with Gasteiger partial charge < -0.3 is 10.6 Å². The molecular formula is C19H17N5OS2. The molecule has 0 saturated heterocycles. The molecule has 136 valence electrons. The number of carbonyl (C=O) groups excluding carboxylic acids is 1. The zero-order valence-electron chi connectivity index (χ0n) is 14.6. The van der Waals surface area contributed by atoms with Crippen LogP contribution in [0.1, 0.15) is 11.1 Å². The molecule has 0 aliphatic heterocycles. The van der Waals surface area contributed by atoms with E-state index in [0.717, 1.165) is 21.2 Å². The molecule has 27 heavy (non-hydrogen) atoms. The van der Waals surface area contributed by atoms with Gasteiger partial charge in [0.25, 0.3) is 0 Å². The van der Waals surface area contributed by atoms with E-state index in [2.05, 4.69) is 26.9 Å². The van der Waals surface area contributed by atoms with Crippen LogP contribution >= 0.6 is 23.1 Å². The second-order valence-corrected chi connectivity index (χ2v) is 7.88. The topological polar surface area (TPSA) is 90.7 Å². The summed E-state index contributed by atoms with van der Waals surface area (Å²) in [6.45, 7) is 2.02. The molecule has 1 heterocycles. The number of aromatic nitrogens is 2. The molecule has 0 aliphatic carbocycles. The summed E-state index contributed by atoms with van der Waals surface area (Å²) in [4.78, 5) is 12.1. The minimum absolute atomic E-state index is 0.114. The van der Waals surface area contributed by atoms with Crippen LogP contribution in [-0.4, -0.2) is 21.9 Å². The summed E-state index contributed by atoms with van der Waals surface area (Å²) in [5.74, 6) is 0.135. The lowest BCUT2D eigenvalue weighted by molar-refractivity contribution is -0.113. The zero-order valence-corrected chi connectivity index (χ0v) is 16.2.